The first-order valence-corrected chi connectivity index (χ1v) is 9.88. The number of pyridine rings is 1. The highest BCUT2D eigenvalue weighted by Crippen LogP contribution is 2.34. The molecule has 0 unspecified atom stereocenters. The summed E-state index contributed by atoms with van der Waals surface area (Å²) in [4.78, 5) is 3.79. The van der Waals surface area contributed by atoms with Gasteiger partial charge < -0.3 is 0 Å². The molecule has 0 saturated heterocycles. The smallest absolute Gasteiger partial charge is 0.242 e. The second kappa shape index (κ2) is 6.96. The molecule has 0 aliphatic carbocycles. The lowest BCUT2D eigenvalue weighted by atomic mass is 10.1. The van der Waals surface area contributed by atoms with E-state index in [1.807, 2.05) is 0 Å². The van der Waals surface area contributed by atoms with Gasteiger partial charge in [0, 0.05) is 17.4 Å². The molecule has 10 heteroatoms. The maximum Gasteiger partial charge on any atom is 0.435 e. The fourth-order valence-corrected chi connectivity index (χ4v) is 3.23. The Bertz CT molecular complexity index is 1190. The molecule has 0 bridgehead atoms. The van der Waals surface area contributed by atoms with Gasteiger partial charge in [0.05, 0.1) is 22.6 Å². The zero-order valence-corrected chi connectivity index (χ0v) is 15.8. The minimum atomic E-state index is -4.68. The Morgan fingerprint density at radius 3 is 2.39 bits per heavy atom. The van der Waals surface area contributed by atoms with E-state index in [4.69, 9.17) is 18.0 Å². The average molecular weight is 426 g/mol. The van der Waals surface area contributed by atoms with E-state index in [9.17, 15) is 21.6 Å². The summed E-state index contributed by atoms with van der Waals surface area (Å²) in [7, 11) is -3.55. The zero-order chi connectivity index (χ0) is 20.7. The second-order valence-electron chi connectivity index (χ2n) is 5.79. The Morgan fingerprint density at radius 1 is 1.18 bits per heavy atom. The third-order valence-corrected chi connectivity index (χ3v) is 5.08. The maximum atomic E-state index is 13.2. The average Bonchev–Trinajstić information content (AvgIpc) is 3.07. The van der Waals surface area contributed by atoms with E-state index in [0.29, 0.717) is 11.1 Å². The number of terminal acetylenes is 1. The Morgan fingerprint density at radius 2 is 1.89 bits per heavy atom. The molecule has 0 aliphatic heterocycles. The lowest BCUT2D eigenvalue weighted by molar-refractivity contribution is -0.141. The third kappa shape index (κ3) is 3.88. The van der Waals surface area contributed by atoms with Crippen molar-refractivity contribution in [3.8, 4) is 29.3 Å². The molecule has 2 heterocycles. The van der Waals surface area contributed by atoms with E-state index in [1.54, 1.807) is 0 Å². The van der Waals surface area contributed by atoms with E-state index in [1.165, 1.54) is 30.3 Å². The monoisotopic (exact) mass is 425 g/mol. The molecule has 0 spiro atoms. The molecule has 0 aliphatic rings. The van der Waals surface area contributed by atoms with Gasteiger partial charge >= 0.3 is 6.18 Å². The van der Waals surface area contributed by atoms with Gasteiger partial charge in [-0.05, 0) is 30.3 Å². The molecule has 0 fully saturated rings. The quantitative estimate of drug-likeness (QED) is 0.595. The van der Waals surface area contributed by atoms with Crippen molar-refractivity contribution in [2.45, 2.75) is 11.2 Å². The van der Waals surface area contributed by atoms with Crippen LogP contribution in [0.3, 0.4) is 0 Å². The lowest BCUT2D eigenvalue weighted by Crippen LogP contribution is -2.08. The van der Waals surface area contributed by atoms with Crippen molar-refractivity contribution < 1.29 is 21.6 Å². The largest absolute Gasteiger partial charge is 0.435 e. The Balaban J connectivity index is 2.19. The molecule has 1 aromatic carbocycles. The summed E-state index contributed by atoms with van der Waals surface area (Å²) in [5.41, 5.74) is -0.139. The van der Waals surface area contributed by atoms with E-state index in [0.717, 1.165) is 23.2 Å². The summed E-state index contributed by atoms with van der Waals surface area (Å²) in [5.74, 6) is 2.37. The number of nitrogens with zero attached hydrogens (tertiary/aromatic N) is 3. The van der Waals surface area contributed by atoms with Gasteiger partial charge in [-0.1, -0.05) is 23.6 Å². The molecule has 144 valence electrons. The van der Waals surface area contributed by atoms with Crippen LogP contribution in [0.5, 0.6) is 0 Å². The molecule has 3 rings (SSSR count). The van der Waals surface area contributed by atoms with Crippen LogP contribution in [-0.4, -0.2) is 29.4 Å². The molecular formula is C18H11ClF3N3O2S. The van der Waals surface area contributed by atoms with Crippen molar-refractivity contribution in [3.05, 3.63) is 58.9 Å². The van der Waals surface area contributed by atoms with Crippen LogP contribution in [0.4, 0.5) is 13.2 Å². The van der Waals surface area contributed by atoms with Crippen molar-refractivity contribution in [1.29, 1.82) is 0 Å². The molecule has 5 nitrogen and oxygen atoms in total. The fraction of sp³-hybridized carbons (Fsp3) is 0.111. The molecule has 0 atom stereocenters. The van der Waals surface area contributed by atoms with Crippen molar-refractivity contribution in [3.63, 3.8) is 0 Å². The van der Waals surface area contributed by atoms with Gasteiger partial charge in [-0.25, -0.2) is 18.1 Å². The second-order valence-corrected chi connectivity index (χ2v) is 8.16. The van der Waals surface area contributed by atoms with E-state index in [-0.39, 0.29) is 21.4 Å². The SMILES string of the molecule is C#Cc1ccc(-c2cc(C(F)(F)F)nn2-c2ccc(S(C)(=O)=O)nc2)cc1Cl. The maximum absolute atomic E-state index is 13.2. The number of hydrogen-bond acceptors (Lipinski definition) is 4. The molecule has 0 saturated carbocycles. The Labute approximate surface area is 163 Å². The number of sulfone groups is 1. The predicted molar refractivity (Wildman–Crippen MR) is 97.9 cm³/mol. The standard InChI is InChI=1S/C18H11ClF3N3O2S/c1-3-11-4-5-12(8-14(11)19)15-9-16(18(20,21)22)24-25(15)13-6-7-17(23-10-13)28(2,26)27/h1,4-10H,2H3. The number of alkyl halides is 3. The molecule has 28 heavy (non-hydrogen) atoms. The van der Waals surface area contributed by atoms with Gasteiger partial charge in [0.1, 0.15) is 0 Å². The van der Waals surface area contributed by atoms with Crippen LogP contribution < -0.4 is 0 Å². The number of rotatable bonds is 3. The number of aromatic nitrogens is 3. The molecular weight excluding hydrogens is 415 g/mol. The summed E-state index contributed by atoms with van der Waals surface area (Å²) in [6.07, 6.45) is 2.74. The van der Waals surface area contributed by atoms with Gasteiger partial charge in [-0.15, -0.1) is 6.42 Å². The minimum absolute atomic E-state index is 0.0895. The molecule has 2 aromatic heterocycles. The number of halogens is 4. The lowest BCUT2D eigenvalue weighted by Gasteiger charge is -2.09. The van der Waals surface area contributed by atoms with E-state index >= 15 is 0 Å². The van der Waals surface area contributed by atoms with Gasteiger partial charge in [0.25, 0.3) is 0 Å². The van der Waals surface area contributed by atoms with Gasteiger partial charge in [-0.3, -0.25) is 0 Å². The van der Waals surface area contributed by atoms with Crippen LogP contribution in [0.25, 0.3) is 16.9 Å². The number of hydrogen-bond donors (Lipinski definition) is 0. The zero-order valence-electron chi connectivity index (χ0n) is 14.2. The van der Waals surface area contributed by atoms with Crippen LogP contribution >= 0.6 is 11.6 Å². The van der Waals surface area contributed by atoms with Crippen LogP contribution in [-0.2, 0) is 16.0 Å². The Kier molecular flexibility index (Phi) is 4.95. The minimum Gasteiger partial charge on any atom is -0.242 e. The summed E-state index contributed by atoms with van der Waals surface area (Å²) in [6.45, 7) is 0. The van der Waals surface area contributed by atoms with Crippen LogP contribution in [0.1, 0.15) is 11.3 Å². The van der Waals surface area contributed by atoms with E-state index in [2.05, 4.69) is 16.0 Å². The highest BCUT2D eigenvalue weighted by molar-refractivity contribution is 7.90. The van der Waals surface area contributed by atoms with Gasteiger partial charge in [0.2, 0.25) is 0 Å². The Hall–Kier alpha value is -2.83. The number of benzene rings is 1. The van der Waals surface area contributed by atoms with Crippen molar-refractivity contribution >= 4 is 21.4 Å². The summed E-state index contributed by atoms with van der Waals surface area (Å²) >= 11 is 6.07. The first kappa shape index (κ1) is 19.9. The van der Waals surface area contributed by atoms with Crippen LogP contribution in [0.15, 0.2) is 47.6 Å². The third-order valence-electron chi connectivity index (χ3n) is 3.77. The van der Waals surface area contributed by atoms with Gasteiger partial charge in [-0.2, -0.15) is 18.3 Å². The predicted octanol–water partition coefficient (Wildman–Crippen LogP) is 3.99. The molecule has 0 N–H and O–H groups in total. The summed E-state index contributed by atoms with van der Waals surface area (Å²) in [6, 6.07) is 7.84. The normalized spacial score (nSPS) is 12.0. The van der Waals surface area contributed by atoms with Crippen LogP contribution in [0, 0.1) is 12.3 Å². The summed E-state index contributed by atoms with van der Waals surface area (Å²) in [5, 5.41) is 3.61. The highest BCUT2D eigenvalue weighted by atomic mass is 35.5. The fourth-order valence-electron chi connectivity index (χ4n) is 2.43. The van der Waals surface area contributed by atoms with Crippen LogP contribution in [0.2, 0.25) is 5.02 Å². The molecule has 0 radical (unpaired) electrons. The van der Waals surface area contributed by atoms with Crippen molar-refractivity contribution in [2.75, 3.05) is 6.26 Å². The summed E-state index contributed by atoms with van der Waals surface area (Å²) < 4.78 is 63.7. The highest BCUT2D eigenvalue weighted by Gasteiger charge is 2.35. The van der Waals surface area contributed by atoms with E-state index < -0.39 is 21.7 Å². The first-order chi connectivity index (χ1) is 13.0. The first-order valence-electron chi connectivity index (χ1n) is 7.61. The van der Waals surface area contributed by atoms with Crippen molar-refractivity contribution in [1.82, 2.24) is 14.8 Å². The van der Waals surface area contributed by atoms with Gasteiger partial charge in [0.15, 0.2) is 20.6 Å². The molecule has 0 amide bonds. The molecule has 3 aromatic rings. The topological polar surface area (TPSA) is 64.8 Å². The van der Waals surface area contributed by atoms with Crippen molar-refractivity contribution in [2.24, 2.45) is 0 Å².